The number of carbonyl (C=O) groups is 3. The number of esters is 1. The van der Waals surface area contributed by atoms with E-state index in [4.69, 9.17) is 20.1 Å². The van der Waals surface area contributed by atoms with Crippen LogP contribution in [0.25, 0.3) is 0 Å². The predicted molar refractivity (Wildman–Crippen MR) is 81.7 cm³/mol. The van der Waals surface area contributed by atoms with E-state index < -0.39 is 30.1 Å². The van der Waals surface area contributed by atoms with Crippen molar-refractivity contribution in [2.75, 3.05) is 27.7 Å². The molecule has 0 fully saturated rings. The molecule has 132 valence electrons. The summed E-state index contributed by atoms with van der Waals surface area (Å²) in [5.41, 5.74) is 0. The second-order valence-corrected chi connectivity index (χ2v) is 6.29. The highest BCUT2D eigenvalue weighted by atomic mass is 16.5. The molecule has 0 aliphatic carbocycles. The molecule has 0 heterocycles. The van der Waals surface area contributed by atoms with E-state index >= 15 is 0 Å². The van der Waals surface area contributed by atoms with Crippen molar-refractivity contribution < 1.29 is 38.9 Å². The Labute approximate surface area is 135 Å². The average Bonchev–Trinajstić information content (AvgIpc) is 2.34. The van der Waals surface area contributed by atoms with Crippen LogP contribution in [0.2, 0.25) is 0 Å². The van der Waals surface area contributed by atoms with E-state index in [1.54, 1.807) is 6.08 Å². The number of rotatable bonds is 11. The lowest BCUT2D eigenvalue weighted by atomic mass is 10.2. The zero-order valence-electron chi connectivity index (χ0n) is 13.8. The van der Waals surface area contributed by atoms with E-state index in [0.717, 1.165) is 0 Å². The van der Waals surface area contributed by atoms with Gasteiger partial charge in [0.2, 0.25) is 0 Å². The number of carbonyl (C=O) groups excluding carboxylic acids is 1. The molecule has 0 saturated heterocycles. The van der Waals surface area contributed by atoms with Crippen LogP contribution in [-0.4, -0.2) is 77.6 Å². The standard InChI is InChI=1S/C15H25NO7/c1-16(2,3)10-11(9-13(18)19)23-14(20)8-6-4-5-7-12(17)15(21)22/h4,6,11-12,17H,5,7-10H2,1-3H3,(H-,18,19,21,22)/p+1/b6-4+. The zero-order chi connectivity index (χ0) is 18.0. The predicted octanol–water partition coefficient (Wildman–Crippen LogP) is 0.251. The van der Waals surface area contributed by atoms with Gasteiger partial charge in [0, 0.05) is 0 Å². The number of hydrogen-bond donors (Lipinski definition) is 3. The third kappa shape index (κ3) is 12.3. The fourth-order valence-electron chi connectivity index (χ4n) is 1.86. The van der Waals surface area contributed by atoms with Crippen LogP contribution in [0, 0.1) is 0 Å². The van der Waals surface area contributed by atoms with Crippen LogP contribution in [0.1, 0.15) is 25.7 Å². The molecule has 0 bridgehead atoms. The van der Waals surface area contributed by atoms with Crippen LogP contribution < -0.4 is 0 Å². The second kappa shape index (κ2) is 9.96. The molecule has 0 amide bonds. The lowest BCUT2D eigenvalue weighted by Gasteiger charge is -2.28. The summed E-state index contributed by atoms with van der Waals surface area (Å²) in [6.07, 6.45) is 1.06. The van der Waals surface area contributed by atoms with E-state index in [0.29, 0.717) is 17.4 Å². The van der Waals surface area contributed by atoms with Gasteiger partial charge in [0.05, 0.1) is 34.0 Å². The summed E-state index contributed by atoms with van der Waals surface area (Å²) in [6, 6.07) is 0. The molecule has 2 atom stereocenters. The maximum atomic E-state index is 11.7. The number of aliphatic hydroxyl groups excluding tert-OH is 1. The first kappa shape index (κ1) is 21.1. The fraction of sp³-hybridized carbons (Fsp3) is 0.667. The number of allylic oxidation sites excluding steroid dienone is 1. The van der Waals surface area contributed by atoms with Crippen molar-refractivity contribution in [1.82, 2.24) is 0 Å². The summed E-state index contributed by atoms with van der Waals surface area (Å²) in [7, 11) is 5.61. The number of aliphatic carboxylic acids is 2. The molecular formula is C15H26NO7+. The quantitative estimate of drug-likeness (QED) is 0.282. The Hall–Kier alpha value is -1.93. The van der Waals surface area contributed by atoms with Crippen LogP contribution in [0.4, 0.5) is 0 Å². The topological polar surface area (TPSA) is 121 Å². The van der Waals surface area contributed by atoms with E-state index in [1.807, 2.05) is 21.1 Å². The SMILES string of the molecule is C[N+](C)(C)CC(CC(=O)O)OC(=O)C/C=C/CCC(O)C(=O)O. The molecule has 23 heavy (non-hydrogen) atoms. The van der Waals surface area contributed by atoms with Gasteiger partial charge in [-0.15, -0.1) is 0 Å². The Kier molecular flexibility index (Phi) is 9.12. The number of carboxylic acid groups (broad SMARTS) is 2. The normalized spacial score (nSPS) is 14.4. The van der Waals surface area contributed by atoms with E-state index in [9.17, 15) is 14.4 Å². The van der Waals surface area contributed by atoms with Crippen molar-refractivity contribution >= 4 is 17.9 Å². The molecule has 0 aliphatic rings. The van der Waals surface area contributed by atoms with Crippen LogP contribution >= 0.6 is 0 Å². The van der Waals surface area contributed by atoms with Gasteiger partial charge in [0.15, 0.2) is 12.2 Å². The number of nitrogens with zero attached hydrogens (tertiary/aromatic N) is 1. The molecule has 0 radical (unpaired) electrons. The number of aliphatic hydroxyl groups is 1. The molecule has 0 aromatic rings. The van der Waals surface area contributed by atoms with Gasteiger partial charge in [-0.25, -0.2) is 4.79 Å². The summed E-state index contributed by atoms with van der Waals surface area (Å²) in [5, 5.41) is 26.4. The Morgan fingerprint density at radius 1 is 1.13 bits per heavy atom. The van der Waals surface area contributed by atoms with E-state index in [1.165, 1.54) is 6.08 Å². The summed E-state index contributed by atoms with van der Waals surface area (Å²) >= 11 is 0. The minimum Gasteiger partial charge on any atom is -0.481 e. The van der Waals surface area contributed by atoms with Gasteiger partial charge in [-0.1, -0.05) is 12.2 Å². The molecule has 0 aromatic carbocycles. The summed E-state index contributed by atoms with van der Waals surface area (Å²) in [4.78, 5) is 32.9. The first-order chi connectivity index (χ1) is 10.5. The first-order valence-electron chi connectivity index (χ1n) is 7.29. The van der Waals surface area contributed by atoms with Crippen molar-refractivity contribution in [1.29, 1.82) is 0 Å². The fourth-order valence-corrected chi connectivity index (χ4v) is 1.86. The van der Waals surface area contributed by atoms with Crippen LogP contribution in [0.3, 0.4) is 0 Å². The molecule has 8 nitrogen and oxygen atoms in total. The maximum Gasteiger partial charge on any atom is 0.332 e. The van der Waals surface area contributed by atoms with Crippen molar-refractivity contribution in [2.45, 2.75) is 37.9 Å². The molecule has 0 saturated carbocycles. The van der Waals surface area contributed by atoms with Crippen molar-refractivity contribution in [3.63, 3.8) is 0 Å². The number of likely N-dealkylation sites (N-methyl/N-ethyl adjacent to an activating group) is 1. The van der Waals surface area contributed by atoms with Gasteiger partial charge in [-0.05, 0) is 12.8 Å². The van der Waals surface area contributed by atoms with Gasteiger partial charge in [0.25, 0.3) is 0 Å². The number of carboxylic acids is 2. The Balaban J connectivity index is 4.26. The monoisotopic (exact) mass is 332 g/mol. The highest BCUT2D eigenvalue weighted by Crippen LogP contribution is 2.07. The van der Waals surface area contributed by atoms with Crippen molar-refractivity contribution in [3.8, 4) is 0 Å². The maximum absolute atomic E-state index is 11.7. The Morgan fingerprint density at radius 2 is 1.74 bits per heavy atom. The Morgan fingerprint density at radius 3 is 2.22 bits per heavy atom. The lowest BCUT2D eigenvalue weighted by molar-refractivity contribution is -0.873. The van der Waals surface area contributed by atoms with Crippen molar-refractivity contribution in [3.05, 3.63) is 12.2 Å². The van der Waals surface area contributed by atoms with Gasteiger partial charge >= 0.3 is 17.9 Å². The number of quaternary nitrogens is 1. The van der Waals surface area contributed by atoms with Gasteiger partial charge in [-0.3, -0.25) is 9.59 Å². The molecule has 0 spiro atoms. The van der Waals surface area contributed by atoms with Crippen LogP contribution in [0.5, 0.6) is 0 Å². The van der Waals surface area contributed by atoms with E-state index in [-0.39, 0.29) is 19.3 Å². The summed E-state index contributed by atoms with van der Waals surface area (Å²) in [6.45, 7) is 0.382. The molecule has 0 aliphatic heterocycles. The third-order valence-corrected chi connectivity index (χ3v) is 2.79. The highest BCUT2D eigenvalue weighted by molar-refractivity contribution is 5.73. The lowest BCUT2D eigenvalue weighted by Crippen LogP contribution is -2.43. The minimum absolute atomic E-state index is 0.0313. The van der Waals surface area contributed by atoms with Crippen LogP contribution in [0.15, 0.2) is 12.2 Å². The van der Waals surface area contributed by atoms with Gasteiger partial charge < -0.3 is 24.5 Å². The van der Waals surface area contributed by atoms with Crippen LogP contribution in [-0.2, 0) is 19.1 Å². The van der Waals surface area contributed by atoms with Gasteiger partial charge in [-0.2, -0.15) is 0 Å². The molecule has 0 rings (SSSR count). The number of ether oxygens (including phenoxy) is 1. The Bertz CT molecular complexity index is 440. The van der Waals surface area contributed by atoms with Gasteiger partial charge in [0.1, 0.15) is 6.54 Å². The zero-order valence-corrected chi connectivity index (χ0v) is 13.8. The first-order valence-corrected chi connectivity index (χ1v) is 7.29. The molecule has 0 aromatic heterocycles. The molecule has 3 N–H and O–H groups in total. The average molecular weight is 332 g/mol. The molecule has 2 unspecified atom stereocenters. The highest BCUT2D eigenvalue weighted by Gasteiger charge is 2.24. The minimum atomic E-state index is -1.42. The summed E-state index contributed by atoms with van der Waals surface area (Å²) < 4.78 is 5.64. The largest absolute Gasteiger partial charge is 0.481 e. The molecular weight excluding hydrogens is 306 g/mol. The second-order valence-electron chi connectivity index (χ2n) is 6.29. The number of hydrogen-bond acceptors (Lipinski definition) is 5. The third-order valence-electron chi connectivity index (χ3n) is 2.79. The van der Waals surface area contributed by atoms with Crippen molar-refractivity contribution in [2.24, 2.45) is 0 Å². The van der Waals surface area contributed by atoms with E-state index in [2.05, 4.69) is 0 Å². The summed E-state index contributed by atoms with van der Waals surface area (Å²) in [5.74, 6) is -2.86. The molecule has 8 heteroatoms. The smallest absolute Gasteiger partial charge is 0.332 e.